The van der Waals surface area contributed by atoms with Gasteiger partial charge in [0.05, 0.1) is 17.7 Å². The van der Waals surface area contributed by atoms with E-state index in [0.29, 0.717) is 15.7 Å². The number of hydrogen-bond donors (Lipinski definition) is 0. The van der Waals surface area contributed by atoms with Crippen molar-refractivity contribution in [3.63, 3.8) is 0 Å². The van der Waals surface area contributed by atoms with Crippen molar-refractivity contribution in [1.29, 1.82) is 0 Å². The number of amides is 1. The lowest BCUT2D eigenvalue weighted by Crippen LogP contribution is -2.26. The van der Waals surface area contributed by atoms with Crippen LogP contribution in [-0.4, -0.2) is 30.3 Å². The molecule has 0 radical (unpaired) electrons. The van der Waals surface area contributed by atoms with E-state index in [0.717, 1.165) is 16.3 Å². The van der Waals surface area contributed by atoms with Crippen LogP contribution < -0.4 is 9.64 Å². The molecule has 3 aromatic rings. The van der Waals surface area contributed by atoms with E-state index in [9.17, 15) is 4.79 Å². The van der Waals surface area contributed by atoms with Gasteiger partial charge >= 0.3 is 0 Å². The van der Waals surface area contributed by atoms with Gasteiger partial charge in [0.15, 0.2) is 0 Å². The number of hydrogen-bond acceptors (Lipinski definition) is 5. The summed E-state index contributed by atoms with van der Waals surface area (Å²) >= 11 is 7.42. The Labute approximate surface area is 148 Å². The van der Waals surface area contributed by atoms with Crippen molar-refractivity contribution in [3.8, 4) is 16.3 Å². The van der Waals surface area contributed by atoms with E-state index < -0.39 is 0 Å². The van der Waals surface area contributed by atoms with Gasteiger partial charge < -0.3 is 4.74 Å². The normalized spacial score (nSPS) is 10.5. The van der Waals surface area contributed by atoms with Gasteiger partial charge in [-0.1, -0.05) is 35.1 Å². The summed E-state index contributed by atoms with van der Waals surface area (Å²) < 4.78 is 5.14. The molecule has 0 saturated carbocycles. The van der Waals surface area contributed by atoms with Gasteiger partial charge in [-0.15, -0.1) is 10.2 Å². The number of anilines is 1. The van der Waals surface area contributed by atoms with Crippen LogP contribution in [-0.2, 0) is 0 Å². The second-order valence-electron chi connectivity index (χ2n) is 4.96. The minimum absolute atomic E-state index is 0.224. The van der Waals surface area contributed by atoms with Crippen molar-refractivity contribution in [2.45, 2.75) is 0 Å². The van der Waals surface area contributed by atoms with Crippen LogP contribution in [0.5, 0.6) is 5.75 Å². The Hall–Kier alpha value is -2.44. The Kier molecular flexibility index (Phi) is 4.78. The summed E-state index contributed by atoms with van der Waals surface area (Å²) in [5.74, 6) is 0.549. The predicted molar refractivity (Wildman–Crippen MR) is 96.1 cm³/mol. The van der Waals surface area contributed by atoms with E-state index in [2.05, 4.69) is 10.2 Å². The Balaban J connectivity index is 1.84. The lowest BCUT2D eigenvalue weighted by atomic mass is 10.2. The van der Waals surface area contributed by atoms with Gasteiger partial charge in [0, 0.05) is 12.6 Å². The highest BCUT2D eigenvalue weighted by Crippen LogP contribution is 2.30. The van der Waals surface area contributed by atoms with Gasteiger partial charge in [0.25, 0.3) is 5.91 Å². The van der Waals surface area contributed by atoms with E-state index in [1.165, 1.54) is 16.2 Å². The van der Waals surface area contributed by atoms with Crippen molar-refractivity contribution >= 4 is 34.0 Å². The van der Waals surface area contributed by atoms with Crippen molar-refractivity contribution in [3.05, 3.63) is 59.1 Å². The van der Waals surface area contributed by atoms with Crippen LogP contribution in [0.1, 0.15) is 10.4 Å². The van der Waals surface area contributed by atoms with Gasteiger partial charge in [0.2, 0.25) is 5.13 Å². The summed E-state index contributed by atoms with van der Waals surface area (Å²) in [6.45, 7) is 0. The average molecular weight is 360 g/mol. The van der Waals surface area contributed by atoms with E-state index in [1.54, 1.807) is 38.4 Å². The second kappa shape index (κ2) is 6.98. The van der Waals surface area contributed by atoms with Crippen LogP contribution in [0.15, 0.2) is 48.5 Å². The van der Waals surface area contributed by atoms with E-state index in [-0.39, 0.29) is 5.91 Å². The Bertz CT molecular complexity index is 864. The Morgan fingerprint density at radius 1 is 1.12 bits per heavy atom. The maximum atomic E-state index is 12.6. The molecule has 2 aromatic carbocycles. The largest absolute Gasteiger partial charge is 0.497 e. The monoisotopic (exact) mass is 359 g/mol. The molecule has 1 amide bonds. The molecule has 0 fully saturated rings. The van der Waals surface area contributed by atoms with Gasteiger partial charge in [-0.2, -0.15) is 0 Å². The molecule has 0 bridgehead atoms. The topological polar surface area (TPSA) is 55.3 Å². The number of ether oxygens (including phenoxy) is 1. The molecule has 7 heteroatoms. The molecule has 0 spiro atoms. The second-order valence-corrected chi connectivity index (χ2v) is 6.33. The molecule has 0 aliphatic rings. The van der Waals surface area contributed by atoms with Gasteiger partial charge in [-0.05, 0) is 36.4 Å². The first-order valence-corrected chi connectivity index (χ1v) is 8.30. The number of carbonyl (C=O) groups excluding carboxylic acids is 1. The first-order valence-electron chi connectivity index (χ1n) is 7.10. The highest BCUT2D eigenvalue weighted by atomic mass is 35.5. The maximum absolute atomic E-state index is 12.6. The number of rotatable bonds is 4. The highest BCUT2D eigenvalue weighted by molar-refractivity contribution is 7.18. The average Bonchev–Trinajstić information content (AvgIpc) is 3.11. The molecule has 0 N–H and O–H groups in total. The third-order valence-corrected chi connectivity index (χ3v) is 4.83. The fourth-order valence-corrected chi connectivity index (χ4v) is 3.13. The van der Waals surface area contributed by atoms with E-state index in [4.69, 9.17) is 16.3 Å². The van der Waals surface area contributed by atoms with Crippen LogP contribution in [0.2, 0.25) is 5.02 Å². The number of methoxy groups -OCH3 is 1. The minimum Gasteiger partial charge on any atom is -0.497 e. The lowest BCUT2D eigenvalue weighted by molar-refractivity contribution is 0.0993. The molecule has 0 unspecified atom stereocenters. The van der Waals surface area contributed by atoms with Crippen molar-refractivity contribution < 1.29 is 9.53 Å². The zero-order valence-corrected chi connectivity index (χ0v) is 14.6. The molecule has 5 nitrogen and oxygen atoms in total. The van der Waals surface area contributed by atoms with E-state index in [1.807, 2.05) is 24.3 Å². The molecule has 122 valence electrons. The van der Waals surface area contributed by atoms with Crippen LogP contribution in [0.25, 0.3) is 10.6 Å². The predicted octanol–water partition coefficient (Wildman–Crippen LogP) is 4.14. The van der Waals surface area contributed by atoms with E-state index >= 15 is 0 Å². The highest BCUT2D eigenvalue weighted by Gasteiger charge is 2.19. The van der Waals surface area contributed by atoms with Crippen LogP contribution in [0, 0.1) is 0 Å². The molecule has 0 aliphatic heterocycles. The molecule has 1 heterocycles. The quantitative estimate of drug-likeness (QED) is 0.702. The first kappa shape index (κ1) is 16.4. The number of nitrogens with zero attached hydrogens (tertiary/aromatic N) is 3. The van der Waals surface area contributed by atoms with Crippen molar-refractivity contribution in [2.75, 3.05) is 19.1 Å². The van der Waals surface area contributed by atoms with Gasteiger partial charge in [0.1, 0.15) is 10.8 Å². The first-order chi connectivity index (χ1) is 11.6. The minimum atomic E-state index is -0.224. The van der Waals surface area contributed by atoms with Crippen LogP contribution >= 0.6 is 22.9 Å². The summed E-state index contributed by atoms with van der Waals surface area (Å²) in [6.07, 6.45) is 0. The summed E-state index contributed by atoms with van der Waals surface area (Å²) in [5, 5.41) is 9.92. The third-order valence-electron chi connectivity index (χ3n) is 3.45. The SMILES string of the molecule is COc1ccc(-c2nnc(N(C)C(=O)c3ccccc3Cl)s2)cc1. The van der Waals surface area contributed by atoms with Crippen molar-refractivity contribution in [2.24, 2.45) is 0 Å². The summed E-state index contributed by atoms with van der Waals surface area (Å²) in [5.41, 5.74) is 1.35. The lowest BCUT2D eigenvalue weighted by Gasteiger charge is -2.13. The molecule has 24 heavy (non-hydrogen) atoms. The van der Waals surface area contributed by atoms with Crippen LogP contribution in [0.4, 0.5) is 5.13 Å². The number of aromatic nitrogens is 2. The maximum Gasteiger partial charge on any atom is 0.261 e. The standard InChI is InChI=1S/C17H14ClN3O2S/c1-21(16(22)13-5-3-4-6-14(13)18)17-20-19-15(24-17)11-7-9-12(23-2)10-8-11/h3-10H,1-2H3. The Morgan fingerprint density at radius 3 is 2.50 bits per heavy atom. The number of halogens is 1. The Morgan fingerprint density at radius 2 is 1.83 bits per heavy atom. The molecule has 0 saturated heterocycles. The molecule has 0 atom stereocenters. The molecular weight excluding hydrogens is 346 g/mol. The summed E-state index contributed by atoms with van der Waals surface area (Å²) in [6, 6.07) is 14.4. The fraction of sp³-hybridized carbons (Fsp3) is 0.118. The molecule has 1 aromatic heterocycles. The third kappa shape index (κ3) is 3.25. The zero-order chi connectivity index (χ0) is 17.1. The molecular formula is C17H14ClN3O2S. The smallest absolute Gasteiger partial charge is 0.261 e. The summed E-state index contributed by atoms with van der Waals surface area (Å²) in [4.78, 5) is 14.0. The van der Waals surface area contributed by atoms with Crippen molar-refractivity contribution in [1.82, 2.24) is 10.2 Å². The van der Waals surface area contributed by atoms with Gasteiger partial charge in [-0.3, -0.25) is 9.69 Å². The van der Waals surface area contributed by atoms with Gasteiger partial charge in [-0.25, -0.2) is 0 Å². The zero-order valence-electron chi connectivity index (χ0n) is 13.1. The number of carbonyl (C=O) groups is 1. The molecule has 3 rings (SSSR count). The molecule has 0 aliphatic carbocycles. The fourth-order valence-electron chi connectivity index (χ4n) is 2.10. The number of benzene rings is 2. The van der Waals surface area contributed by atoms with Crippen LogP contribution in [0.3, 0.4) is 0 Å². The summed E-state index contributed by atoms with van der Waals surface area (Å²) in [7, 11) is 3.28.